The van der Waals surface area contributed by atoms with E-state index in [1.54, 1.807) is 13.5 Å². The fourth-order valence-corrected chi connectivity index (χ4v) is 7.54. The molecule has 0 saturated heterocycles. The van der Waals surface area contributed by atoms with Gasteiger partial charge in [-0.25, -0.2) is 4.79 Å². The van der Waals surface area contributed by atoms with Gasteiger partial charge in [0.15, 0.2) is 0 Å². The molecule has 0 fully saturated rings. The summed E-state index contributed by atoms with van der Waals surface area (Å²) in [7, 11) is -5.18. The summed E-state index contributed by atoms with van der Waals surface area (Å²) in [5.41, 5.74) is 0. The van der Waals surface area contributed by atoms with Crippen LogP contribution >= 0.6 is 0 Å². The van der Waals surface area contributed by atoms with Crippen molar-refractivity contribution < 1.29 is 26.9 Å². The quantitative estimate of drug-likeness (QED) is 0.454. The van der Waals surface area contributed by atoms with E-state index < -0.39 is 23.3 Å². The van der Waals surface area contributed by atoms with Gasteiger partial charge in [0, 0.05) is 19.8 Å². The molecule has 1 atom stereocenters. The molecule has 19 heavy (non-hydrogen) atoms. The van der Waals surface area contributed by atoms with Crippen molar-refractivity contribution >= 4 is 23.3 Å². The zero-order chi connectivity index (χ0) is 14.9. The number of carbonyl (C=O) groups excluding carboxylic acids is 1. The highest BCUT2D eigenvalue weighted by Crippen LogP contribution is 2.18. The Morgan fingerprint density at radius 3 is 1.95 bits per heavy atom. The summed E-state index contributed by atoms with van der Waals surface area (Å²) in [6.45, 7) is 12.3. The lowest BCUT2D eigenvalue weighted by atomic mass is 10.7. The van der Waals surface area contributed by atoms with E-state index in [-0.39, 0.29) is 6.61 Å². The van der Waals surface area contributed by atoms with Gasteiger partial charge in [0.05, 0.1) is 6.61 Å². The molecule has 0 saturated carbocycles. The van der Waals surface area contributed by atoms with Crippen LogP contribution < -0.4 is 0 Å². The Kier molecular flexibility index (Phi) is 8.70. The SMILES string of the molecule is CCOC(=O)CO[Si](C)(OCC)O[Si](C)(C)OCC. The highest BCUT2D eigenvalue weighted by Gasteiger charge is 2.43. The number of esters is 1. The number of hydrogen-bond acceptors (Lipinski definition) is 6. The standard InChI is InChI=1S/C11H26O6Si2/c1-7-13-11(12)10-16-19(6,15-9-3)17-18(4,5)14-8-2/h7-10H2,1-6H3. The first-order valence-electron chi connectivity index (χ1n) is 6.56. The van der Waals surface area contributed by atoms with Crippen LogP contribution in [0.4, 0.5) is 0 Å². The maximum atomic E-state index is 11.3. The Hall–Kier alpha value is -0.256. The molecule has 0 radical (unpaired) electrons. The first-order valence-corrected chi connectivity index (χ1v) is 11.6. The molecule has 0 aromatic heterocycles. The number of rotatable bonds is 10. The molecular weight excluding hydrogens is 284 g/mol. The molecule has 0 aromatic rings. The normalized spacial score (nSPS) is 15.1. The minimum atomic E-state index is -2.88. The second-order valence-corrected chi connectivity index (χ2v) is 10.5. The van der Waals surface area contributed by atoms with Crippen LogP contribution in [0.1, 0.15) is 20.8 Å². The van der Waals surface area contributed by atoms with Crippen LogP contribution in [0.2, 0.25) is 19.6 Å². The van der Waals surface area contributed by atoms with Crippen molar-refractivity contribution in [2.45, 2.75) is 40.4 Å². The van der Waals surface area contributed by atoms with Gasteiger partial charge >= 0.3 is 23.3 Å². The summed E-state index contributed by atoms with van der Waals surface area (Å²) in [5, 5.41) is 0. The first-order chi connectivity index (χ1) is 8.78. The van der Waals surface area contributed by atoms with Crippen molar-refractivity contribution in [3.8, 4) is 0 Å². The molecule has 6 nitrogen and oxygen atoms in total. The molecule has 8 heteroatoms. The van der Waals surface area contributed by atoms with Crippen molar-refractivity contribution in [2.75, 3.05) is 26.4 Å². The number of carbonyl (C=O) groups is 1. The molecule has 0 aliphatic heterocycles. The van der Waals surface area contributed by atoms with Gasteiger partial charge in [-0.3, -0.25) is 0 Å². The van der Waals surface area contributed by atoms with Gasteiger partial charge < -0.3 is 22.1 Å². The van der Waals surface area contributed by atoms with Crippen LogP contribution in [-0.2, 0) is 26.9 Å². The lowest BCUT2D eigenvalue weighted by Gasteiger charge is -2.33. The highest BCUT2D eigenvalue weighted by atomic mass is 28.5. The van der Waals surface area contributed by atoms with E-state index in [0.29, 0.717) is 19.8 Å². The van der Waals surface area contributed by atoms with Gasteiger partial charge in [-0.15, -0.1) is 0 Å². The van der Waals surface area contributed by atoms with E-state index in [4.69, 9.17) is 22.1 Å². The topological polar surface area (TPSA) is 63.2 Å². The van der Waals surface area contributed by atoms with E-state index in [2.05, 4.69) is 0 Å². The zero-order valence-electron chi connectivity index (χ0n) is 12.8. The van der Waals surface area contributed by atoms with E-state index in [1.807, 2.05) is 26.9 Å². The Balaban J connectivity index is 4.52. The smallest absolute Gasteiger partial charge is 0.464 e. The molecule has 0 rings (SSSR count). The largest absolute Gasteiger partial charge is 0.489 e. The van der Waals surface area contributed by atoms with Crippen LogP contribution in [0.3, 0.4) is 0 Å². The molecule has 114 valence electrons. The van der Waals surface area contributed by atoms with E-state index >= 15 is 0 Å². The second kappa shape index (κ2) is 8.82. The van der Waals surface area contributed by atoms with Crippen molar-refractivity contribution in [3.05, 3.63) is 0 Å². The van der Waals surface area contributed by atoms with Gasteiger partial charge in [0.2, 0.25) is 0 Å². The summed E-state index contributed by atoms with van der Waals surface area (Å²) in [4.78, 5) is 11.3. The molecule has 0 bridgehead atoms. The Morgan fingerprint density at radius 2 is 1.47 bits per heavy atom. The van der Waals surface area contributed by atoms with Crippen LogP contribution in [-0.4, -0.2) is 49.8 Å². The molecule has 1 unspecified atom stereocenters. The third kappa shape index (κ3) is 8.50. The van der Waals surface area contributed by atoms with Gasteiger partial charge in [-0.2, -0.15) is 0 Å². The predicted molar refractivity (Wildman–Crippen MR) is 76.0 cm³/mol. The molecule has 0 heterocycles. The number of ether oxygens (including phenoxy) is 1. The van der Waals surface area contributed by atoms with Gasteiger partial charge in [0.1, 0.15) is 6.61 Å². The predicted octanol–water partition coefficient (Wildman–Crippen LogP) is 1.93. The molecular formula is C11H26O6Si2. The third-order valence-electron chi connectivity index (χ3n) is 2.09. The fourth-order valence-electron chi connectivity index (χ4n) is 1.58. The minimum Gasteiger partial charge on any atom is -0.464 e. The first kappa shape index (κ1) is 18.7. The van der Waals surface area contributed by atoms with Crippen molar-refractivity contribution in [2.24, 2.45) is 0 Å². The molecule has 0 aliphatic rings. The van der Waals surface area contributed by atoms with Crippen molar-refractivity contribution in [3.63, 3.8) is 0 Å². The van der Waals surface area contributed by atoms with Gasteiger partial charge in [-0.1, -0.05) is 0 Å². The van der Waals surface area contributed by atoms with E-state index in [0.717, 1.165) is 0 Å². The number of hydrogen-bond donors (Lipinski definition) is 0. The van der Waals surface area contributed by atoms with E-state index in [9.17, 15) is 4.79 Å². The summed E-state index contributed by atoms with van der Waals surface area (Å²) >= 11 is 0. The van der Waals surface area contributed by atoms with Crippen LogP contribution in [0.15, 0.2) is 0 Å². The maximum absolute atomic E-state index is 11.3. The van der Waals surface area contributed by atoms with Crippen molar-refractivity contribution in [1.29, 1.82) is 0 Å². The van der Waals surface area contributed by atoms with Crippen LogP contribution in [0, 0.1) is 0 Å². The summed E-state index contributed by atoms with van der Waals surface area (Å²) in [5.74, 6) is -0.416. The molecule has 0 aromatic carbocycles. The Bertz CT molecular complexity index is 274. The van der Waals surface area contributed by atoms with Gasteiger partial charge in [0.25, 0.3) is 0 Å². The van der Waals surface area contributed by atoms with E-state index in [1.165, 1.54) is 0 Å². The maximum Gasteiger partial charge on any atom is 0.489 e. The zero-order valence-corrected chi connectivity index (χ0v) is 14.8. The third-order valence-corrected chi connectivity index (χ3v) is 8.00. The average Bonchev–Trinajstić information content (AvgIpc) is 2.26. The lowest BCUT2D eigenvalue weighted by Crippen LogP contribution is -2.53. The molecule has 0 N–H and O–H groups in total. The second-order valence-electron chi connectivity index (χ2n) is 4.32. The summed E-state index contributed by atoms with van der Waals surface area (Å²) < 4.78 is 27.5. The fraction of sp³-hybridized carbons (Fsp3) is 0.909. The highest BCUT2D eigenvalue weighted by molar-refractivity contribution is 6.76. The Morgan fingerprint density at radius 1 is 0.895 bits per heavy atom. The van der Waals surface area contributed by atoms with Crippen LogP contribution in [0.25, 0.3) is 0 Å². The van der Waals surface area contributed by atoms with Crippen molar-refractivity contribution in [1.82, 2.24) is 0 Å². The monoisotopic (exact) mass is 310 g/mol. The lowest BCUT2D eigenvalue weighted by molar-refractivity contribution is -0.146. The van der Waals surface area contributed by atoms with Crippen LogP contribution in [0.5, 0.6) is 0 Å². The molecule has 0 amide bonds. The summed E-state index contributed by atoms with van der Waals surface area (Å²) in [6.07, 6.45) is 0. The van der Waals surface area contributed by atoms with Gasteiger partial charge in [-0.05, 0) is 33.9 Å². The molecule has 0 spiro atoms. The minimum absolute atomic E-state index is 0.160. The molecule has 0 aliphatic carbocycles. The Labute approximate surface area is 117 Å². The summed E-state index contributed by atoms with van der Waals surface area (Å²) in [6, 6.07) is 0. The average molecular weight is 310 g/mol.